The van der Waals surface area contributed by atoms with Crippen molar-refractivity contribution in [1.82, 2.24) is 9.80 Å². The number of hydrogen-bond acceptors (Lipinski definition) is 3. The van der Waals surface area contributed by atoms with Crippen LogP contribution in [0.1, 0.15) is 20.3 Å². The Kier molecular flexibility index (Phi) is 4.08. The predicted octanol–water partition coefficient (Wildman–Crippen LogP) is -0.586. The zero-order valence-electron chi connectivity index (χ0n) is 9.40. The third-order valence-corrected chi connectivity index (χ3v) is 2.64. The highest BCUT2D eigenvalue weighted by molar-refractivity contribution is 5.81. The number of amides is 2. The molecule has 1 aliphatic rings. The van der Waals surface area contributed by atoms with Crippen LogP contribution in [0.4, 0.5) is 0 Å². The minimum absolute atomic E-state index is 0.0274. The highest BCUT2D eigenvalue weighted by Crippen LogP contribution is 2.04. The first-order valence-corrected chi connectivity index (χ1v) is 5.32. The van der Waals surface area contributed by atoms with Crippen molar-refractivity contribution in [3.05, 3.63) is 0 Å². The van der Waals surface area contributed by atoms with Crippen LogP contribution < -0.4 is 5.73 Å². The van der Waals surface area contributed by atoms with Crippen LogP contribution in [0.25, 0.3) is 0 Å². The molecule has 5 heteroatoms. The Hall–Kier alpha value is -1.10. The average molecular weight is 213 g/mol. The number of rotatable bonds is 1. The molecule has 1 aliphatic heterocycles. The summed E-state index contributed by atoms with van der Waals surface area (Å²) in [6.07, 6.45) is 0.831. The molecule has 0 aromatic heterocycles. The van der Waals surface area contributed by atoms with Gasteiger partial charge in [-0.25, -0.2) is 0 Å². The van der Waals surface area contributed by atoms with Gasteiger partial charge in [0.25, 0.3) is 0 Å². The molecule has 2 N–H and O–H groups in total. The van der Waals surface area contributed by atoms with Gasteiger partial charge in [0.05, 0.1) is 6.04 Å². The second kappa shape index (κ2) is 5.11. The minimum atomic E-state index is -0.450. The Balaban J connectivity index is 2.52. The number of carbonyl (C=O) groups excluding carboxylic acids is 2. The van der Waals surface area contributed by atoms with Crippen LogP contribution in [-0.2, 0) is 9.59 Å². The molecule has 0 unspecified atom stereocenters. The van der Waals surface area contributed by atoms with E-state index in [9.17, 15) is 9.59 Å². The molecule has 0 spiro atoms. The van der Waals surface area contributed by atoms with Crippen molar-refractivity contribution < 1.29 is 9.59 Å². The van der Waals surface area contributed by atoms with Crippen LogP contribution in [0.5, 0.6) is 0 Å². The molecule has 0 aromatic rings. The van der Waals surface area contributed by atoms with Gasteiger partial charge in [-0.1, -0.05) is 0 Å². The summed E-state index contributed by atoms with van der Waals surface area (Å²) in [7, 11) is 0. The minimum Gasteiger partial charge on any atom is -0.341 e. The summed E-state index contributed by atoms with van der Waals surface area (Å²) in [6.45, 7) is 5.90. The van der Waals surface area contributed by atoms with E-state index in [4.69, 9.17) is 5.73 Å². The van der Waals surface area contributed by atoms with Crippen molar-refractivity contribution in [2.75, 3.05) is 26.2 Å². The van der Waals surface area contributed by atoms with Crippen LogP contribution in [0.3, 0.4) is 0 Å². The summed E-state index contributed by atoms with van der Waals surface area (Å²) in [5, 5.41) is 0. The third kappa shape index (κ3) is 3.20. The standard InChI is InChI=1S/C10H19N3O2/c1-8(11)10(15)13-5-3-4-12(6-7-13)9(2)14/h8H,3-7,11H2,1-2H3/t8-/m1/s1. The van der Waals surface area contributed by atoms with E-state index in [0.717, 1.165) is 13.0 Å². The maximum Gasteiger partial charge on any atom is 0.239 e. The van der Waals surface area contributed by atoms with E-state index >= 15 is 0 Å². The van der Waals surface area contributed by atoms with E-state index < -0.39 is 6.04 Å². The van der Waals surface area contributed by atoms with Crippen molar-refractivity contribution in [3.8, 4) is 0 Å². The first-order valence-electron chi connectivity index (χ1n) is 5.32. The van der Waals surface area contributed by atoms with Crippen molar-refractivity contribution in [2.24, 2.45) is 5.73 Å². The van der Waals surface area contributed by atoms with Gasteiger partial charge in [-0.2, -0.15) is 0 Å². The summed E-state index contributed by atoms with van der Waals surface area (Å²) >= 11 is 0. The average Bonchev–Trinajstić information content (AvgIpc) is 2.41. The zero-order valence-corrected chi connectivity index (χ0v) is 9.40. The molecule has 2 amide bonds. The van der Waals surface area contributed by atoms with Crippen LogP contribution in [-0.4, -0.2) is 53.8 Å². The summed E-state index contributed by atoms with van der Waals surface area (Å²) in [5.41, 5.74) is 5.54. The highest BCUT2D eigenvalue weighted by Gasteiger charge is 2.21. The highest BCUT2D eigenvalue weighted by atomic mass is 16.2. The molecule has 86 valence electrons. The van der Waals surface area contributed by atoms with Gasteiger partial charge in [-0.3, -0.25) is 9.59 Å². The maximum atomic E-state index is 11.6. The number of hydrogen-bond donors (Lipinski definition) is 1. The van der Waals surface area contributed by atoms with Gasteiger partial charge in [0.2, 0.25) is 11.8 Å². The normalized spacial score (nSPS) is 19.7. The Morgan fingerprint density at radius 1 is 1.13 bits per heavy atom. The SMILES string of the molecule is CC(=O)N1CCCN(C(=O)[C@@H](C)N)CC1. The van der Waals surface area contributed by atoms with Gasteiger partial charge in [0.15, 0.2) is 0 Å². The largest absolute Gasteiger partial charge is 0.341 e. The lowest BCUT2D eigenvalue weighted by atomic mass is 10.3. The summed E-state index contributed by atoms with van der Waals surface area (Å²) in [6, 6.07) is -0.450. The van der Waals surface area contributed by atoms with Crippen LogP contribution in [0.2, 0.25) is 0 Å². The van der Waals surface area contributed by atoms with Crippen LogP contribution in [0.15, 0.2) is 0 Å². The predicted molar refractivity (Wildman–Crippen MR) is 57.1 cm³/mol. The van der Waals surface area contributed by atoms with E-state index in [2.05, 4.69) is 0 Å². The molecular formula is C10H19N3O2. The van der Waals surface area contributed by atoms with Gasteiger partial charge < -0.3 is 15.5 Å². The van der Waals surface area contributed by atoms with Crippen molar-refractivity contribution >= 4 is 11.8 Å². The molecule has 5 nitrogen and oxygen atoms in total. The Bertz CT molecular complexity index is 253. The summed E-state index contributed by atoms with van der Waals surface area (Å²) < 4.78 is 0. The van der Waals surface area contributed by atoms with E-state index in [-0.39, 0.29) is 11.8 Å². The van der Waals surface area contributed by atoms with E-state index in [1.165, 1.54) is 0 Å². The fraction of sp³-hybridized carbons (Fsp3) is 0.800. The molecule has 0 saturated carbocycles. The molecule has 1 saturated heterocycles. The monoisotopic (exact) mass is 213 g/mol. The van der Waals surface area contributed by atoms with Gasteiger partial charge in [-0.05, 0) is 13.3 Å². The topological polar surface area (TPSA) is 66.6 Å². The lowest BCUT2D eigenvalue weighted by Gasteiger charge is -2.22. The zero-order chi connectivity index (χ0) is 11.4. The van der Waals surface area contributed by atoms with E-state index in [1.807, 2.05) is 0 Å². The van der Waals surface area contributed by atoms with Crippen LogP contribution in [0, 0.1) is 0 Å². The Morgan fingerprint density at radius 2 is 1.67 bits per heavy atom. The van der Waals surface area contributed by atoms with Crippen molar-refractivity contribution in [2.45, 2.75) is 26.3 Å². The molecule has 0 aromatic carbocycles. The molecule has 0 bridgehead atoms. The molecular weight excluding hydrogens is 194 g/mol. The Labute approximate surface area is 90.2 Å². The molecule has 0 radical (unpaired) electrons. The van der Waals surface area contributed by atoms with E-state index in [0.29, 0.717) is 19.6 Å². The second-order valence-corrected chi connectivity index (χ2v) is 3.97. The van der Waals surface area contributed by atoms with Gasteiger partial charge >= 0.3 is 0 Å². The summed E-state index contributed by atoms with van der Waals surface area (Å²) in [4.78, 5) is 26.3. The summed E-state index contributed by atoms with van der Waals surface area (Å²) in [5.74, 6) is 0.0468. The van der Waals surface area contributed by atoms with Crippen molar-refractivity contribution in [3.63, 3.8) is 0 Å². The van der Waals surface area contributed by atoms with Crippen molar-refractivity contribution in [1.29, 1.82) is 0 Å². The lowest BCUT2D eigenvalue weighted by Crippen LogP contribution is -2.44. The number of nitrogens with two attached hydrogens (primary N) is 1. The molecule has 15 heavy (non-hydrogen) atoms. The molecule has 1 atom stereocenters. The smallest absolute Gasteiger partial charge is 0.239 e. The second-order valence-electron chi connectivity index (χ2n) is 3.97. The quantitative estimate of drug-likeness (QED) is 0.633. The lowest BCUT2D eigenvalue weighted by molar-refractivity contribution is -0.133. The fourth-order valence-electron chi connectivity index (χ4n) is 1.74. The number of nitrogens with zero attached hydrogens (tertiary/aromatic N) is 2. The van der Waals surface area contributed by atoms with Gasteiger partial charge in [0, 0.05) is 33.1 Å². The molecule has 1 heterocycles. The molecule has 1 fully saturated rings. The van der Waals surface area contributed by atoms with Crippen LogP contribution >= 0.6 is 0 Å². The molecule has 0 aliphatic carbocycles. The third-order valence-electron chi connectivity index (χ3n) is 2.64. The first-order chi connectivity index (χ1) is 7.02. The van der Waals surface area contributed by atoms with E-state index in [1.54, 1.807) is 23.6 Å². The number of carbonyl (C=O) groups is 2. The first kappa shape index (κ1) is 12.0. The molecule has 1 rings (SSSR count). The maximum absolute atomic E-state index is 11.6. The Morgan fingerprint density at radius 3 is 2.20 bits per heavy atom. The van der Waals surface area contributed by atoms with Gasteiger partial charge in [0.1, 0.15) is 0 Å². The fourth-order valence-corrected chi connectivity index (χ4v) is 1.74. The van der Waals surface area contributed by atoms with Gasteiger partial charge in [-0.15, -0.1) is 0 Å².